The Balaban J connectivity index is 3.10. The lowest BCUT2D eigenvalue weighted by Crippen LogP contribution is -1.96. The Morgan fingerprint density at radius 1 is 0.850 bits per heavy atom. The molecule has 0 bridgehead atoms. The van der Waals surface area contributed by atoms with E-state index in [2.05, 4.69) is 4.98 Å². The van der Waals surface area contributed by atoms with Gasteiger partial charge in [0.1, 0.15) is 29.8 Å². The molecular weight excluding hydrogens is 270 g/mol. The van der Waals surface area contributed by atoms with Crippen molar-refractivity contribution in [3.8, 4) is 24.3 Å². The van der Waals surface area contributed by atoms with Crippen molar-refractivity contribution < 1.29 is 0 Å². The standard InChI is InChI=1S/C14H7N5S/c1-7(2)14-19-12-10(5-17)8(3-15)9(4-16)11(6-18)13(12)20-14/h7H,1-2H3. The maximum Gasteiger partial charge on any atom is 0.103 e. The molecule has 6 heteroatoms. The van der Waals surface area contributed by atoms with Crippen LogP contribution in [0.3, 0.4) is 0 Å². The highest BCUT2D eigenvalue weighted by atomic mass is 32.1. The smallest absolute Gasteiger partial charge is 0.103 e. The number of aromatic nitrogens is 1. The number of rotatable bonds is 1. The van der Waals surface area contributed by atoms with Gasteiger partial charge in [-0.1, -0.05) is 13.8 Å². The van der Waals surface area contributed by atoms with Crippen molar-refractivity contribution in [1.29, 1.82) is 21.0 Å². The average Bonchev–Trinajstić information content (AvgIpc) is 2.88. The molecule has 94 valence electrons. The van der Waals surface area contributed by atoms with E-state index in [-0.39, 0.29) is 28.2 Å². The first-order chi connectivity index (χ1) is 9.58. The minimum absolute atomic E-state index is 0.0435. The van der Waals surface area contributed by atoms with Gasteiger partial charge in [-0.3, -0.25) is 0 Å². The van der Waals surface area contributed by atoms with Crippen LogP contribution in [0.15, 0.2) is 0 Å². The topological polar surface area (TPSA) is 108 Å². The molecule has 0 unspecified atom stereocenters. The molecule has 2 aromatic rings. The number of hydrogen-bond donors (Lipinski definition) is 0. The highest BCUT2D eigenvalue weighted by Gasteiger charge is 2.23. The fraction of sp³-hybridized carbons (Fsp3) is 0.214. The van der Waals surface area contributed by atoms with Crippen LogP contribution in [0.1, 0.15) is 47.0 Å². The van der Waals surface area contributed by atoms with Crippen LogP contribution < -0.4 is 0 Å². The summed E-state index contributed by atoms with van der Waals surface area (Å²) in [5, 5.41) is 37.6. The lowest BCUT2D eigenvalue weighted by Gasteiger charge is -2.01. The Bertz CT molecular complexity index is 809. The third-order valence-electron chi connectivity index (χ3n) is 2.80. The number of thiazole rings is 1. The van der Waals surface area contributed by atoms with Gasteiger partial charge >= 0.3 is 0 Å². The summed E-state index contributed by atoms with van der Waals surface area (Å²) in [6.07, 6.45) is 0. The molecule has 1 aromatic heterocycles. The van der Waals surface area contributed by atoms with Gasteiger partial charge in [-0.2, -0.15) is 21.0 Å². The molecule has 0 aliphatic carbocycles. The fourth-order valence-corrected chi connectivity index (χ4v) is 2.92. The van der Waals surface area contributed by atoms with E-state index in [4.69, 9.17) is 0 Å². The molecule has 0 spiro atoms. The van der Waals surface area contributed by atoms with Crippen molar-refractivity contribution in [3.05, 3.63) is 27.3 Å². The predicted molar refractivity (Wildman–Crippen MR) is 72.6 cm³/mol. The summed E-state index contributed by atoms with van der Waals surface area (Å²) in [6, 6.07) is 7.58. The summed E-state index contributed by atoms with van der Waals surface area (Å²) in [7, 11) is 0. The molecule has 0 aliphatic heterocycles. The first-order valence-corrected chi connectivity index (χ1v) is 6.51. The van der Waals surface area contributed by atoms with E-state index in [0.29, 0.717) is 10.2 Å². The molecule has 0 aliphatic rings. The summed E-state index contributed by atoms with van der Waals surface area (Å²) in [5.74, 6) is 0.140. The van der Waals surface area contributed by atoms with Gasteiger partial charge in [0.25, 0.3) is 0 Å². The molecule has 1 aromatic carbocycles. The lowest BCUT2D eigenvalue weighted by molar-refractivity contribution is 0.856. The first-order valence-electron chi connectivity index (χ1n) is 5.69. The second-order valence-corrected chi connectivity index (χ2v) is 5.36. The highest BCUT2D eigenvalue weighted by molar-refractivity contribution is 7.19. The van der Waals surface area contributed by atoms with E-state index in [1.54, 1.807) is 0 Å². The molecule has 0 N–H and O–H groups in total. The second-order valence-electron chi connectivity index (χ2n) is 4.33. The molecule has 0 amide bonds. The summed E-state index contributed by atoms with van der Waals surface area (Å²) >= 11 is 1.29. The Hall–Kier alpha value is -2.93. The number of fused-ring (bicyclic) bond motifs is 1. The molecule has 0 atom stereocenters. The normalized spacial score (nSPS) is 9.75. The highest BCUT2D eigenvalue weighted by Crippen LogP contribution is 2.35. The third kappa shape index (κ3) is 1.77. The molecule has 0 saturated carbocycles. The zero-order valence-electron chi connectivity index (χ0n) is 10.7. The summed E-state index contributed by atoms with van der Waals surface area (Å²) in [4.78, 5) is 4.36. The molecular formula is C14H7N5S. The predicted octanol–water partition coefficient (Wildman–Crippen LogP) is 2.91. The molecule has 5 nitrogen and oxygen atoms in total. The fourth-order valence-electron chi connectivity index (χ4n) is 1.84. The maximum atomic E-state index is 9.26. The van der Waals surface area contributed by atoms with Gasteiger partial charge in [-0.25, -0.2) is 4.98 Å². The van der Waals surface area contributed by atoms with Gasteiger partial charge in [-0.05, 0) is 0 Å². The molecule has 20 heavy (non-hydrogen) atoms. The van der Waals surface area contributed by atoms with Crippen molar-refractivity contribution in [1.82, 2.24) is 4.98 Å². The Labute approximate surface area is 119 Å². The molecule has 2 rings (SSSR count). The van der Waals surface area contributed by atoms with Crippen molar-refractivity contribution in [2.75, 3.05) is 0 Å². The summed E-state index contributed by atoms with van der Waals surface area (Å²) < 4.78 is 0.503. The van der Waals surface area contributed by atoms with Crippen LogP contribution in [0.25, 0.3) is 10.2 Å². The van der Waals surface area contributed by atoms with Crippen LogP contribution in [0.2, 0.25) is 0 Å². The summed E-state index contributed by atoms with van der Waals surface area (Å²) in [5.41, 5.74) is 0.426. The second kappa shape index (κ2) is 4.98. The van der Waals surface area contributed by atoms with E-state index >= 15 is 0 Å². The van der Waals surface area contributed by atoms with Crippen LogP contribution >= 0.6 is 11.3 Å². The van der Waals surface area contributed by atoms with Crippen molar-refractivity contribution in [2.24, 2.45) is 0 Å². The molecule has 0 saturated heterocycles. The van der Waals surface area contributed by atoms with Crippen molar-refractivity contribution >= 4 is 21.6 Å². The number of nitriles is 4. The Morgan fingerprint density at radius 2 is 1.35 bits per heavy atom. The molecule has 0 fully saturated rings. The van der Waals surface area contributed by atoms with Crippen molar-refractivity contribution in [3.63, 3.8) is 0 Å². The van der Waals surface area contributed by atoms with Gasteiger partial charge < -0.3 is 0 Å². The van der Waals surface area contributed by atoms with Crippen molar-refractivity contribution in [2.45, 2.75) is 19.8 Å². The van der Waals surface area contributed by atoms with Gasteiger partial charge in [0.05, 0.1) is 32.0 Å². The lowest BCUT2D eigenvalue weighted by atomic mass is 9.97. The zero-order valence-corrected chi connectivity index (χ0v) is 11.5. The van der Waals surface area contributed by atoms with Gasteiger partial charge in [0.15, 0.2) is 0 Å². The van der Waals surface area contributed by atoms with Crippen LogP contribution in [0.5, 0.6) is 0 Å². The van der Waals surface area contributed by atoms with Crippen LogP contribution in [0.4, 0.5) is 0 Å². The minimum atomic E-state index is -0.0698. The quantitative estimate of drug-likeness (QED) is 0.796. The van der Waals surface area contributed by atoms with Gasteiger partial charge in [0, 0.05) is 5.92 Å². The van der Waals surface area contributed by atoms with Gasteiger partial charge in [0.2, 0.25) is 0 Å². The first kappa shape index (κ1) is 13.5. The Kier molecular flexibility index (Phi) is 3.36. The number of benzene rings is 1. The summed E-state index contributed by atoms with van der Waals surface area (Å²) in [6.45, 7) is 3.90. The number of nitrogens with zero attached hydrogens (tertiary/aromatic N) is 5. The van der Waals surface area contributed by atoms with Crippen LogP contribution in [-0.4, -0.2) is 4.98 Å². The zero-order chi connectivity index (χ0) is 14.9. The number of hydrogen-bond acceptors (Lipinski definition) is 6. The van der Waals surface area contributed by atoms with E-state index < -0.39 is 0 Å². The van der Waals surface area contributed by atoms with E-state index in [1.807, 2.05) is 38.1 Å². The molecule has 0 radical (unpaired) electrons. The largest absolute Gasteiger partial charge is 0.239 e. The van der Waals surface area contributed by atoms with E-state index in [1.165, 1.54) is 11.3 Å². The average molecular weight is 277 g/mol. The monoisotopic (exact) mass is 277 g/mol. The SMILES string of the molecule is CC(C)c1nc2c(C#N)c(C#N)c(C#N)c(C#N)c2s1. The van der Waals surface area contributed by atoms with E-state index in [9.17, 15) is 21.0 Å². The van der Waals surface area contributed by atoms with Crippen LogP contribution in [0, 0.1) is 45.3 Å². The van der Waals surface area contributed by atoms with Gasteiger partial charge in [-0.15, -0.1) is 11.3 Å². The van der Waals surface area contributed by atoms with Crippen LogP contribution in [-0.2, 0) is 0 Å². The minimum Gasteiger partial charge on any atom is -0.239 e. The maximum absolute atomic E-state index is 9.26. The Morgan fingerprint density at radius 3 is 1.80 bits per heavy atom. The van der Waals surface area contributed by atoms with E-state index in [0.717, 1.165) is 5.01 Å². The third-order valence-corrected chi connectivity index (χ3v) is 4.17. The molecule has 1 heterocycles.